The molecule has 0 radical (unpaired) electrons. The van der Waals surface area contributed by atoms with Crippen LogP contribution in [0.15, 0.2) is 104 Å². The van der Waals surface area contributed by atoms with Crippen LogP contribution in [0.4, 0.5) is 28.4 Å². The van der Waals surface area contributed by atoms with Crippen molar-refractivity contribution in [1.29, 1.82) is 0 Å². The molecule has 0 heterocycles. The van der Waals surface area contributed by atoms with Crippen LogP contribution in [0.1, 0.15) is 27.2 Å². The molecule has 0 saturated carbocycles. The second-order valence-electron chi connectivity index (χ2n) is 8.66. The number of para-hydroxylation sites is 1. The first kappa shape index (κ1) is 26.6. The maximum Gasteiger partial charge on any atom is 0.0385 e. The average Bonchev–Trinajstić information content (AvgIpc) is 2.84. The van der Waals surface area contributed by atoms with Gasteiger partial charge in [-0.15, -0.1) is 13.2 Å². The van der Waals surface area contributed by atoms with Crippen molar-refractivity contribution < 1.29 is 0 Å². The molecule has 0 saturated heterocycles. The Morgan fingerprint density at radius 1 is 0.618 bits per heavy atom. The van der Waals surface area contributed by atoms with Gasteiger partial charge in [-0.25, -0.2) is 0 Å². The summed E-state index contributed by atoms with van der Waals surface area (Å²) in [6.07, 6.45) is 4.86. The second kappa shape index (κ2) is 15.2. The van der Waals surface area contributed by atoms with E-state index in [2.05, 4.69) is 91.6 Å². The first-order valence-corrected chi connectivity index (χ1v) is 12.0. The van der Waals surface area contributed by atoms with Gasteiger partial charge in [0.15, 0.2) is 0 Å². The van der Waals surface area contributed by atoms with E-state index in [4.69, 9.17) is 0 Å². The Balaban J connectivity index is 0.000000257. The van der Waals surface area contributed by atoms with Gasteiger partial charge in [-0.3, -0.25) is 0 Å². The van der Waals surface area contributed by atoms with Crippen LogP contribution < -0.4 is 21.3 Å². The van der Waals surface area contributed by atoms with Gasteiger partial charge in [0.05, 0.1) is 0 Å². The van der Waals surface area contributed by atoms with Crippen LogP contribution in [0.3, 0.4) is 0 Å². The minimum absolute atomic E-state index is 0.503. The predicted octanol–water partition coefficient (Wildman–Crippen LogP) is 8.16. The number of rotatable bonds is 12. The van der Waals surface area contributed by atoms with E-state index in [1.807, 2.05) is 54.6 Å². The topological polar surface area (TPSA) is 48.1 Å². The zero-order valence-corrected chi connectivity index (χ0v) is 20.9. The van der Waals surface area contributed by atoms with E-state index in [1.165, 1.54) is 12.1 Å². The van der Waals surface area contributed by atoms with Crippen LogP contribution in [0.5, 0.6) is 0 Å². The third-order valence-electron chi connectivity index (χ3n) is 4.97. The highest BCUT2D eigenvalue weighted by Crippen LogP contribution is 2.20. The lowest BCUT2D eigenvalue weighted by Gasteiger charge is -2.17. The molecule has 1 unspecified atom stereocenters. The van der Waals surface area contributed by atoms with Crippen LogP contribution in [0.2, 0.25) is 0 Å². The molecule has 1 atom stereocenters. The van der Waals surface area contributed by atoms with Crippen LogP contribution in [0.25, 0.3) is 0 Å². The molecule has 0 aliphatic carbocycles. The molecule has 0 spiro atoms. The first-order chi connectivity index (χ1) is 16.5. The SMILES string of the molecule is C=CCNc1ccc(NCC=C)cc1.CC(C)CC(C)Nc1ccc(Nc2ccccc2)cc1. The largest absolute Gasteiger partial charge is 0.383 e. The van der Waals surface area contributed by atoms with Crippen molar-refractivity contribution in [2.45, 2.75) is 33.2 Å². The Morgan fingerprint density at radius 3 is 1.53 bits per heavy atom. The number of hydrogen-bond donors (Lipinski definition) is 4. The lowest BCUT2D eigenvalue weighted by Crippen LogP contribution is -2.17. The van der Waals surface area contributed by atoms with Gasteiger partial charge in [-0.2, -0.15) is 0 Å². The van der Waals surface area contributed by atoms with Crippen molar-refractivity contribution in [1.82, 2.24) is 0 Å². The number of nitrogens with one attached hydrogen (secondary N) is 4. The fraction of sp³-hybridized carbons (Fsp3) is 0.267. The lowest BCUT2D eigenvalue weighted by atomic mass is 10.1. The van der Waals surface area contributed by atoms with Gasteiger partial charge in [0, 0.05) is 47.6 Å². The summed E-state index contributed by atoms with van der Waals surface area (Å²) >= 11 is 0. The summed E-state index contributed by atoms with van der Waals surface area (Å²) in [6, 6.07) is 27.3. The molecule has 4 heteroatoms. The predicted molar refractivity (Wildman–Crippen MR) is 153 cm³/mol. The van der Waals surface area contributed by atoms with E-state index >= 15 is 0 Å². The standard InChI is InChI=1S/C18H24N2.C12H16N2/c1-14(2)13-15(3)19-17-9-11-18(12-10-17)20-16-7-5-4-6-8-16;1-3-9-13-11-5-7-12(8-6-11)14-10-4-2/h4-12,14-15,19-20H,13H2,1-3H3;3-8,13-14H,1-2,9-10H2. The lowest BCUT2D eigenvalue weighted by molar-refractivity contribution is 0.540. The summed E-state index contributed by atoms with van der Waals surface area (Å²) in [4.78, 5) is 0. The van der Waals surface area contributed by atoms with Crippen molar-refractivity contribution in [2.24, 2.45) is 5.92 Å². The van der Waals surface area contributed by atoms with Crippen LogP contribution in [-0.4, -0.2) is 19.1 Å². The summed E-state index contributed by atoms with van der Waals surface area (Å²) in [5, 5.41) is 13.3. The zero-order valence-electron chi connectivity index (χ0n) is 20.9. The summed E-state index contributed by atoms with van der Waals surface area (Å²) in [7, 11) is 0. The normalized spacial score (nSPS) is 10.9. The molecule has 4 nitrogen and oxygen atoms in total. The Labute approximate surface area is 206 Å². The Morgan fingerprint density at radius 2 is 1.06 bits per heavy atom. The Kier molecular flexibility index (Phi) is 11.9. The number of benzene rings is 3. The third kappa shape index (κ3) is 10.8. The van der Waals surface area contributed by atoms with Crippen molar-refractivity contribution >= 4 is 28.4 Å². The highest BCUT2D eigenvalue weighted by atomic mass is 14.9. The average molecular weight is 457 g/mol. The van der Waals surface area contributed by atoms with Crippen molar-refractivity contribution in [2.75, 3.05) is 34.4 Å². The molecular formula is C30H40N4. The third-order valence-corrected chi connectivity index (χ3v) is 4.97. The quantitative estimate of drug-likeness (QED) is 0.208. The molecule has 0 aromatic heterocycles. The van der Waals surface area contributed by atoms with Gasteiger partial charge in [-0.05, 0) is 79.9 Å². The maximum atomic E-state index is 3.65. The first-order valence-electron chi connectivity index (χ1n) is 12.0. The van der Waals surface area contributed by atoms with E-state index in [-0.39, 0.29) is 0 Å². The smallest absolute Gasteiger partial charge is 0.0385 e. The molecule has 4 N–H and O–H groups in total. The van der Waals surface area contributed by atoms with Crippen LogP contribution in [-0.2, 0) is 0 Å². The van der Waals surface area contributed by atoms with Crippen molar-refractivity contribution in [3.05, 3.63) is 104 Å². The van der Waals surface area contributed by atoms with Gasteiger partial charge >= 0.3 is 0 Å². The summed E-state index contributed by atoms with van der Waals surface area (Å²) < 4.78 is 0. The minimum atomic E-state index is 0.503. The fourth-order valence-electron chi connectivity index (χ4n) is 3.47. The second-order valence-corrected chi connectivity index (χ2v) is 8.66. The molecule has 0 aliphatic heterocycles. The van der Waals surface area contributed by atoms with Gasteiger partial charge < -0.3 is 21.3 Å². The van der Waals surface area contributed by atoms with E-state index in [0.29, 0.717) is 6.04 Å². The van der Waals surface area contributed by atoms with Crippen LogP contribution in [0, 0.1) is 5.92 Å². The summed E-state index contributed by atoms with van der Waals surface area (Å²) in [5.41, 5.74) is 5.61. The molecule has 180 valence electrons. The molecule has 34 heavy (non-hydrogen) atoms. The molecule has 0 bridgehead atoms. The minimum Gasteiger partial charge on any atom is -0.383 e. The summed E-state index contributed by atoms with van der Waals surface area (Å²) in [5.74, 6) is 0.719. The van der Waals surface area contributed by atoms with Crippen molar-refractivity contribution in [3.8, 4) is 0 Å². The monoisotopic (exact) mass is 456 g/mol. The van der Waals surface area contributed by atoms with Gasteiger partial charge in [-0.1, -0.05) is 44.2 Å². The Hall–Kier alpha value is -3.66. The molecular weight excluding hydrogens is 416 g/mol. The zero-order chi connectivity index (χ0) is 24.6. The van der Waals surface area contributed by atoms with E-state index in [9.17, 15) is 0 Å². The Bertz CT molecular complexity index is 916. The molecule has 3 rings (SSSR count). The highest BCUT2D eigenvalue weighted by molar-refractivity contribution is 5.62. The molecule has 0 aliphatic rings. The van der Waals surface area contributed by atoms with Gasteiger partial charge in [0.1, 0.15) is 0 Å². The molecule has 0 fully saturated rings. The number of anilines is 5. The van der Waals surface area contributed by atoms with Crippen molar-refractivity contribution in [3.63, 3.8) is 0 Å². The van der Waals surface area contributed by atoms with E-state index in [1.54, 1.807) is 0 Å². The fourth-order valence-corrected chi connectivity index (χ4v) is 3.47. The van der Waals surface area contributed by atoms with E-state index in [0.717, 1.165) is 41.8 Å². The summed E-state index contributed by atoms with van der Waals surface area (Å²) in [6.45, 7) is 15.6. The van der Waals surface area contributed by atoms with Gasteiger partial charge in [0.25, 0.3) is 0 Å². The molecule has 0 amide bonds. The van der Waals surface area contributed by atoms with Gasteiger partial charge in [0.2, 0.25) is 0 Å². The number of hydrogen-bond acceptors (Lipinski definition) is 4. The van der Waals surface area contributed by atoms with Crippen LogP contribution >= 0.6 is 0 Å². The van der Waals surface area contributed by atoms with E-state index < -0.39 is 0 Å². The maximum absolute atomic E-state index is 3.65. The molecule has 3 aromatic rings. The highest BCUT2D eigenvalue weighted by Gasteiger charge is 2.04. The molecule has 3 aromatic carbocycles.